The molecule has 1 heterocycles. The highest BCUT2D eigenvalue weighted by Crippen LogP contribution is 2.56. The Hall–Kier alpha value is -0.710. The third kappa shape index (κ3) is 1.66. The van der Waals surface area contributed by atoms with E-state index in [-0.39, 0.29) is 12.2 Å². The van der Waals surface area contributed by atoms with E-state index in [0.717, 1.165) is 0 Å². The van der Waals surface area contributed by atoms with Gasteiger partial charge in [0.1, 0.15) is 17.0 Å². The van der Waals surface area contributed by atoms with Crippen LogP contribution in [0.3, 0.4) is 0 Å². The average Bonchev–Trinajstić information content (AvgIpc) is 2.33. The molecule has 2 rings (SSSR count). The summed E-state index contributed by atoms with van der Waals surface area (Å²) in [4.78, 5) is 11.7. The number of carbonyl (C=O) groups is 1. The zero-order valence-corrected chi connectivity index (χ0v) is 10.6. The predicted octanol–water partition coefficient (Wildman–Crippen LogP) is 0.813. The molecule has 0 aromatic heterocycles. The Morgan fingerprint density at radius 1 is 1.41 bits per heavy atom. The first-order chi connectivity index (χ1) is 7.72. The van der Waals surface area contributed by atoms with Crippen LogP contribution in [0, 0.1) is 5.41 Å². The first-order valence-corrected chi connectivity index (χ1v) is 5.98. The molecule has 1 aliphatic heterocycles. The fourth-order valence-corrected chi connectivity index (χ4v) is 3.08. The Balaban J connectivity index is 2.42. The number of aliphatic hydroxyl groups is 2. The quantitative estimate of drug-likeness (QED) is 0.701. The lowest BCUT2D eigenvalue weighted by Gasteiger charge is -2.47. The first-order valence-electron chi connectivity index (χ1n) is 5.98. The highest BCUT2D eigenvalue weighted by molar-refractivity contribution is 5.82. The second-order valence-corrected chi connectivity index (χ2v) is 5.84. The Morgan fingerprint density at radius 2 is 2.06 bits per heavy atom. The van der Waals surface area contributed by atoms with Crippen LogP contribution in [0.25, 0.3) is 0 Å². The van der Waals surface area contributed by atoms with E-state index in [2.05, 4.69) is 0 Å². The van der Waals surface area contributed by atoms with Gasteiger partial charge >= 0.3 is 0 Å². The summed E-state index contributed by atoms with van der Waals surface area (Å²) in [5.74, 6) is 0.127. The van der Waals surface area contributed by atoms with Crippen molar-refractivity contribution in [3.63, 3.8) is 0 Å². The number of rotatable bonds is 2. The molecule has 1 aliphatic carbocycles. The molecule has 0 unspecified atom stereocenters. The molecule has 4 atom stereocenters. The minimum atomic E-state index is -1.19. The van der Waals surface area contributed by atoms with Gasteiger partial charge in [-0.1, -0.05) is 19.1 Å². The average molecular weight is 240 g/mol. The summed E-state index contributed by atoms with van der Waals surface area (Å²) in [6, 6.07) is 0. The van der Waals surface area contributed by atoms with Crippen LogP contribution in [0.15, 0.2) is 12.2 Å². The van der Waals surface area contributed by atoms with Gasteiger partial charge in [0.2, 0.25) is 0 Å². The van der Waals surface area contributed by atoms with Crippen LogP contribution in [0.2, 0.25) is 0 Å². The number of ketones is 1. The van der Waals surface area contributed by atoms with Crippen LogP contribution < -0.4 is 0 Å². The van der Waals surface area contributed by atoms with Crippen molar-refractivity contribution in [2.24, 2.45) is 5.41 Å². The number of aliphatic hydroxyl groups excluding tert-OH is 1. The molecular weight excluding hydrogens is 220 g/mol. The molecule has 1 saturated heterocycles. The molecule has 2 fully saturated rings. The SMILES string of the molecule is C[C@@H](O)/C=C/[C@]1(O)[C@@]2(C)CO[C@]1(C)CC(=O)C2. The molecule has 0 spiro atoms. The van der Waals surface area contributed by atoms with Crippen molar-refractivity contribution < 1.29 is 19.7 Å². The van der Waals surface area contributed by atoms with Crippen LogP contribution in [-0.2, 0) is 9.53 Å². The van der Waals surface area contributed by atoms with Crippen molar-refractivity contribution >= 4 is 5.78 Å². The van der Waals surface area contributed by atoms with Gasteiger partial charge < -0.3 is 14.9 Å². The predicted molar refractivity (Wildman–Crippen MR) is 62.5 cm³/mol. The van der Waals surface area contributed by atoms with Gasteiger partial charge in [-0.2, -0.15) is 0 Å². The molecule has 0 aromatic carbocycles. The topological polar surface area (TPSA) is 66.8 Å². The van der Waals surface area contributed by atoms with Crippen molar-refractivity contribution in [1.29, 1.82) is 0 Å². The van der Waals surface area contributed by atoms with Crippen LogP contribution >= 0.6 is 0 Å². The van der Waals surface area contributed by atoms with Crippen LogP contribution in [0.1, 0.15) is 33.6 Å². The molecule has 2 aliphatic rings. The van der Waals surface area contributed by atoms with Gasteiger partial charge in [-0.3, -0.25) is 4.79 Å². The summed E-state index contributed by atoms with van der Waals surface area (Å²) in [5.41, 5.74) is -2.66. The van der Waals surface area contributed by atoms with Crippen molar-refractivity contribution in [2.75, 3.05) is 6.61 Å². The lowest BCUT2D eigenvalue weighted by atomic mass is 9.59. The van der Waals surface area contributed by atoms with Crippen LogP contribution in [0.5, 0.6) is 0 Å². The summed E-state index contributed by atoms with van der Waals surface area (Å²) < 4.78 is 5.68. The minimum absolute atomic E-state index is 0.127. The second kappa shape index (κ2) is 3.64. The lowest BCUT2D eigenvalue weighted by molar-refractivity contribution is -0.151. The van der Waals surface area contributed by atoms with E-state index in [4.69, 9.17) is 4.74 Å². The van der Waals surface area contributed by atoms with Crippen LogP contribution in [0.4, 0.5) is 0 Å². The Kier molecular flexibility index (Phi) is 2.73. The number of fused-ring (bicyclic) bond motifs is 2. The van der Waals surface area contributed by atoms with Gasteiger partial charge in [0.05, 0.1) is 12.7 Å². The molecule has 2 bridgehead atoms. The first kappa shape index (κ1) is 12.7. The standard InChI is InChI=1S/C13H20O4/c1-9(14)4-5-13(16)11(2)6-10(15)7-12(13,3)17-8-11/h4-5,9,14,16H,6-8H2,1-3H3/b5-4+/t9-,11-,12-,13+/m1/s1. The second-order valence-electron chi connectivity index (χ2n) is 5.84. The summed E-state index contributed by atoms with van der Waals surface area (Å²) in [6.45, 7) is 5.63. The molecule has 4 heteroatoms. The molecule has 4 nitrogen and oxygen atoms in total. The Morgan fingerprint density at radius 3 is 2.59 bits per heavy atom. The Labute approximate surface area is 101 Å². The van der Waals surface area contributed by atoms with E-state index in [1.807, 2.05) is 6.92 Å². The van der Waals surface area contributed by atoms with Gasteiger partial charge in [0, 0.05) is 18.3 Å². The van der Waals surface area contributed by atoms with Crippen LogP contribution in [-0.4, -0.2) is 39.9 Å². The minimum Gasteiger partial charge on any atom is -0.389 e. The molecule has 1 saturated carbocycles. The summed E-state index contributed by atoms with van der Waals surface area (Å²) >= 11 is 0. The summed E-state index contributed by atoms with van der Waals surface area (Å²) in [7, 11) is 0. The molecule has 0 amide bonds. The van der Waals surface area contributed by atoms with E-state index in [1.165, 1.54) is 0 Å². The summed E-state index contributed by atoms with van der Waals surface area (Å²) in [6.07, 6.45) is 3.09. The number of hydrogen-bond acceptors (Lipinski definition) is 4. The van der Waals surface area contributed by atoms with Gasteiger partial charge in [-0.05, 0) is 13.8 Å². The zero-order valence-electron chi connectivity index (χ0n) is 10.6. The van der Waals surface area contributed by atoms with Crippen molar-refractivity contribution in [2.45, 2.75) is 50.9 Å². The molecule has 0 radical (unpaired) electrons. The van der Waals surface area contributed by atoms with Crippen molar-refractivity contribution in [1.82, 2.24) is 0 Å². The van der Waals surface area contributed by atoms with Gasteiger partial charge in [0.25, 0.3) is 0 Å². The van der Waals surface area contributed by atoms with E-state index in [9.17, 15) is 15.0 Å². The van der Waals surface area contributed by atoms with Crippen molar-refractivity contribution in [3.05, 3.63) is 12.2 Å². The zero-order chi connectivity index (χ0) is 12.9. The maximum Gasteiger partial charge on any atom is 0.136 e. The number of carbonyl (C=O) groups excluding carboxylic acids is 1. The van der Waals surface area contributed by atoms with Gasteiger partial charge in [0.15, 0.2) is 0 Å². The molecule has 17 heavy (non-hydrogen) atoms. The van der Waals surface area contributed by atoms with Gasteiger partial charge in [-0.25, -0.2) is 0 Å². The molecule has 0 aromatic rings. The van der Waals surface area contributed by atoms with Crippen molar-refractivity contribution in [3.8, 4) is 0 Å². The summed E-state index contributed by atoms with van der Waals surface area (Å²) in [5, 5.41) is 20.2. The molecule has 2 N–H and O–H groups in total. The lowest BCUT2D eigenvalue weighted by Crippen LogP contribution is -2.60. The smallest absolute Gasteiger partial charge is 0.136 e. The third-order valence-electron chi connectivity index (χ3n) is 4.17. The van der Waals surface area contributed by atoms with E-state index in [1.54, 1.807) is 26.0 Å². The normalized spacial score (nSPS) is 47.7. The maximum absolute atomic E-state index is 11.7. The molecular formula is C13H20O4. The maximum atomic E-state index is 11.7. The fraction of sp³-hybridized carbons (Fsp3) is 0.769. The Bertz CT molecular complexity index is 352. The van der Waals surface area contributed by atoms with E-state index in [0.29, 0.717) is 13.0 Å². The number of Topliss-reactive ketones (excluding diaryl/α,β-unsaturated/α-hetero) is 1. The number of hydrogen-bond donors (Lipinski definition) is 2. The fourth-order valence-electron chi connectivity index (χ4n) is 3.08. The van der Waals surface area contributed by atoms with Gasteiger partial charge in [-0.15, -0.1) is 0 Å². The molecule has 96 valence electrons. The monoisotopic (exact) mass is 240 g/mol. The van der Waals surface area contributed by atoms with E-state index >= 15 is 0 Å². The largest absolute Gasteiger partial charge is 0.389 e. The third-order valence-corrected chi connectivity index (χ3v) is 4.17. The highest BCUT2D eigenvalue weighted by Gasteiger charge is 2.67. The number of ether oxygens (including phenoxy) is 1. The highest BCUT2D eigenvalue weighted by atomic mass is 16.5. The van der Waals surface area contributed by atoms with E-state index < -0.39 is 22.7 Å².